The maximum atomic E-state index is 13.0. The van der Waals surface area contributed by atoms with Crippen molar-refractivity contribution >= 4 is 11.7 Å². The van der Waals surface area contributed by atoms with Gasteiger partial charge in [0.25, 0.3) is 5.91 Å². The maximum absolute atomic E-state index is 13.0. The molecule has 146 valence electrons. The van der Waals surface area contributed by atoms with Crippen molar-refractivity contribution < 1.29 is 23.8 Å². The molecule has 1 atom stereocenters. The lowest BCUT2D eigenvalue weighted by Crippen LogP contribution is -2.43. The van der Waals surface area contributed by atoms with Crippen LogP contribution in [0.4, 0.5) is 0 Å². The van der Waals surface area contributed by atoms with Gasteiger partial charge in [-0.2, -0.15) is 0 Å². The molecule has 0 radical (unpaired) electrons. The Hall–Kier alpha value is -2.97. The molecule has 2 aromatic rings. The van der Waals surface area contributed by atoms with Gasteiger partial charge in [-0.05, 0) is 24.3 Å². The highest BCUT2D eigenvalue weighted by atomic mass is 16.5. The summed E-state index contributed by atoms with van der Waals surface area (Å²) in [7, 11) is 0. The van der Waals surface area contributed by atoms with Gasteiger partial charge in [0.15, 0.2) is 11.5 Å². The molecule has 2 aromatic heterocycles. The van der Waals surface area contributed by atoms with Crippen LogP contribution in [-0.4, -0.2) is 71.0 Å². The number of pyridine rings is 1. The van der Waals surface area contributed by atoms with Crippen LogP contribution in [0.3, 0.4) is 0 Å². The van der Waals surface area contributed by atoms with Crippen molar-refractivity contribution in [3.63, 3.8) is 0 Å². The summed E-state index contributed by atoms with van der Waals surface area (Å²) in [5, 5.41) is 10.5. The number of morpholine rings is 1. The summed E-state index contributed by atoms with van der Waals surface area (Å²) in [5.41, 5.74) is 0.525. The number of aliphatic hydroxyl groups excluding tert-OH is 1. The largest absolute Gasteiger partial charge is 0.503 e. The van der Waals surface area contributed by atoms with E-state index in [1.165, 1.54) is 17.2 Å². The summed E-state index contributed by atoms with van der Waals surface area (Å²) in [6.07, 6.45) is 2.98. The fourth-order valence-corrected chi connectivity index (χ4v) is 3.58. The Kier molecular flexibility index (Phi) is 5.23. The molecule has 8 nitrogen and oxygen atoms in total. The van der Waals surface area contributed by atoms with E-state index in [1.807, 2.05) is 0 Å². The van der Waals surface area contributed by atoms with Gasteiger partial charge in [-0.1, -0.05) is 6.07 Å². The van der Waals surface area contributed by atoms with Gasteiger partial charge in [-0.15, -0.1) is 0 Å². The first-order valence-corrected chi connectivity index (χ1v) is 9.20. The molecular formula is C20H21N3O5. The van der Waals surface area contributed by atoms with Gasteiger partial charge in [-0.3, -0.25) is 19.5 Å². The molecule has 8 heteroatoms. The van der Waals surface area contributed by atoms with Crippen LogP contribution < -0.4 is 0 Å². The second kappa shape index (κ2) is 7.95. The van der Waals surface area contributed by atoms with Crippen LogP contribution in [0.25, 0.3) is 0 Å². The summed E-state index contributed by atoms with van der Waals surface area (Å²) in [4.78, 5) is 33.8. The summed E-state index contributed by atoms with van der Waals surface area (Å²) in [6.45, 7) is 3.86. The van der Waals surface area contributed by atoms with Crippen LogP contribution in [0.1, 0.15) is 22.3 Å². The number of carbonyl (C=O) groups is 2. The smallest absolute Gasteiger partial charge is 0.290 e. The molecule has 0 saturated carbocycles. The molecule has 4 heterocycles. The van der Waals surface area contributed by atoms with Crippen molar-refractivity contribution in [3.05, 3.63) is 65.6 Å². The zero-order valence-corrected chi connectivity index (χ0v) is 15.3. The zero-order valence-electron chi connectivity index (χ0n) is 15.3. The molecule has 1 N–H and O–H groups in total. The highest BCUT2D eigenvalue weighted by Gasteiger charge is 2.45. The Morgan fingerprint density at radius 1 is 1.18 bits per heavy atom. The quantitative estimate of drug-likeness (QED) is 0.757. The number of rotatable bonds is 6. The number of furan rings is 1. The molecule has 4 rings (SSSR count). The molecule has 2 aliphatic rings. The lowest BCUT2D eigenvalue weighted by atomic mass is 9.98. The van der Waals surface area contributed by atoms with Crippen LogP contribution in [0.15, 0.2) is 58.5 Å². The average molecular weight is 383 g/mol. The first-order valence-electron chi connectivity index (χ1n) is 9.20. The minimum absolute atomic E-state index is 0.000581. The number of Topliss-reactive ketones (excluding diaryl/α,β-unsaturated/α-hetero) is 1. The average Bonchev–Trinajstić information content (AvgIpc) is 3.36. The van der Waals surface area contributed by atoms with Gasteiger partial charge in [0.05, 0.1) is 30.7 Å². The highest BCUT2D eigenvalue weighted by molar-refractivity contribution is 6.14. The van der Waals surface area contributed by atoms with Gasteiger partial charge in [0.1, 0.15) is 6.04 Å². The number of carbonyl (C=O) groups excluding carboxylic acids is 2. The van der Waals surface area contributed by atoms with E-state index in [0.717, 1.165) is 13.1 Å². The van der Waals surface area contributed by atoms with E-state index in [0.29, 0.717) is 32.0 Å². The molecule has 0 spiro atoms. The Morgan fingerprint density at radius 2 is 2.00 bits per heavy atom. The third-order valence-corrected chi connectivity index (χ3v) is 5.02. The van der Waals surface area contributed by atoms with Crippen LogP contribution in [-0.2, 0) is 9.53 Å². The topological polar surface area (TPSA) is 96.1 Å². The number of ketones is 1. The van der Waals surface area contributed by atoms with E-state index in [2.05, 4.69) is 9.88 Å². The third kappa shape index (κ3) is 3.44. The molecule has 0 aromatic carbocycles. The van der Waals surface area contributed by atoms with Crippen LogP contribution in [0.2, 0.25) is 0 Å². The van der Waals surface area contributed by atoms with Crippen molar-refractivity contribution in [1.82, 2.24) is 14.8 Å². The molecule has 1 saturated heterocycles. The lowest BCUT2D eigenvalue weighted by molar-refractivity contribution is -0.129. The van der Waals surface area contributed by atoms with E-state index in [9.17, 15) is 14.7 Å². The van der Waals surface area contributed by atoms with Crippen LogP contribution in [0.5, 0.6) is 0 Å². The Balaban J connectivity index is 1.64. The van der Waals surface area contributed by atoms with Crippen molar-refractivity contribution in [3.8, 4) is 0 Å². The van der Waals surface area contributed by atoms with Gasteiger partial charge in [-0.25, -0.2) is 0 Å². The summed E-state index contributed by atoms with van der Waals surface area (Å²) in [6, 6.07) is 7.64. The maximum Gasteiger partial charge on any atom is 0.290 e. The molecule has 2 aliphatic heterocycles. The monoisotopic (exact) mass is 383 g/mol. The zero-order chi connectivity index (χ0) is 19.5. The van der Waals surface area contributed by atoms with E-state index in [1.54, 1.807) is 30.5 Å². The van der Waals surface area contributed by atoms with E-state index < -0.39 is 23.5 Å². The van der Waals surface area contributed by atoms with Gasteiger partial charge >= 0.3 is 0 Å². The van der Waals surface area contributed by atoms with Crippen LogP contribution in [0, 0.1) is 0 Å². The van der Waals surface area contributed by atoms with E-state index in [4.69, 9.17) is 9.15 Å². The minimum Gasteiger partial charge on any atom is -0.503 e. The molecule has 28 heavy (non-hydrogen) atoms. The van der Waals surface area contributed by atoms with Crippen molar-refractivity contribution in [2.45, 2.75) is 6.04 Å². The first-order chi connectivity index (χ1) is 13.7. The number of aliphatic hydroxyl groups is 1. The number of amides is 1. The number of aromatic nitrogens is 1. The number of hydrogen-bond donors (Lipinski definition) is 1. The van der Waals surface area contributed by atoms with Gasteiger partial charge < -0.3 is 19.2 Å². The highest BCUT2D eigenvalue weighted by Crippen LogP contribution is 2.37. The van der Waals surface area contributed by atoms with Gasteiger partial charge in [0.2, 0.25) is 5.78 Å². The predicted molar refractivity (Wildman–Crippen MR) is 98.6 cm³/mol. The first kappa shape index (κ1) is 18.4. The predicted octanol–water partition coefficient (Wildman–Crippen LogP) is 1.59. The van der Waals surface area contributed by atoms with Crippen LogP contribution >= 0.6 is 0 Å². The second-order valence-corrected chi connectivity index (χ2v) is 6.68. The Labute approximate surface area is 162 Å². The normalized spacial score (nSPS) is 20.8. The summed E-state index contributed by atoms with van der Waals surface area (Å²) >= 11 is 0. The van der Waals surface area contributed by atoms with E-state index >= 15 is 0 Å². The molecule has 1 fully saturated rings. The molecule has 0 bridgehead atoms. The lowest BCUT2D eigenvalue weighted by Gasteiger charge is -2.31. The Bertz CT molecular complexity index is 873. The summed E-state index contributed by atoms with van der Waals surface area (Å²) in [5.74, 6) is -1.55. The van der Waals surface area contributed by atoms with Crippen molar-refractivity contribution in [1.29, 1.82) is 0 Å². The molecule has 1 amide bonds. The number of hydrogen-bond acceptors (Lipinski definition) is 7. The Morgan fingerprint density at radius 3 is 2.68 bits per heavy atom. The number of ether oxygens (including phenoxy) is 1. The van der Waals surface area contributed by atoms with Crippen molar-refractivity contribution in [2.75, 3.05) is 39.4 Å². The molecule has 0 unspecified atom stereocenters. The molecule has 0 aliphatic carbocycles. The van der Waals surface area contributed by atoms with E-state index in [-0.39, 0.29) is 11.3 Å². The minimum atomic E-state index is -0.757. The fourth-order valence-electron chi connectivity index (χ4n) is 3.58. The second-order valence-electron chi connectivity index (χ2n) is 6.68. The fraction of sp³-hybridized carbons (Fsp3) is 0.350. The molecular weight excluding hydrogens is 362 g/mol. The van der Waals surface area contributed by atoms with Gasteiger partial charge in [0, 0.05) is 32.4 Å². The van der Waals surface area contributed by atoms with Crippen molar-refractivity contribution in [2.24, 2.45) is 0 Å². The SMILES string of the molecule is O=C(C1=C(O)C(=O)N(CCN2CCOCC2)[C@H]1c1ccccn1)c1ccco1. The number of nitrogens with zero attached hydrogens (tertiary/aromatic N) is 3. The summed E-state index contributed by atoms with van der Waals surface area (Å²) < 4.78 is 10.6. The standard InChI is InChI=1S/C20H21N3O5/c24-18(15-5-3-11-28-15)16-17(14-4-1-2-6-21-14)23(20(26)19(16)25)8-7-22-9-12-27-13-10-22/h1-6,11,17,25H,7-10,12-13H2/t17-/m0/s1. The third-order valence-electron chi connectivity index (χ3n) is 5.02.